The van der Waals surface area contributed by atoms with Crippen LogP contribution in [-0.2, 0) is 20.9 Å². The lowest BCUT2D eigenvalue weighted by Gasteiger charge is -2.32. The number of aromatic amines is 1. The summed E-state index contributed by atoms with van der Waals surface area (Å²) in [5.74, 6) is -1.07. The van der Waals surface area contributed by atoms with Crippen LogP contribution >= 0.6 is 0 Å². The molecule has 1 aromatic heterocycles. The van der Waals surface area contributed by atoms with Gasteiger partial charge in [-0.3, -0.25) is 9.59 Å². The van der Waals surface area contributed by atoms with Crippen LogP contribution in [0.1, 0.15) is 52.5 Å². The standard InChI is InChI=1S/C32H36N6O4/c1-5-6-7-29(40)38(30(20(2)3)32(41)42)19-22-8-10-24(11-9-22)28-18-25(14-17-27(28)31-34-36-37-35-31)23-12-15-26(16-13-23)33-21(4)39/h8-18,20,30H,5-7,19H2,1-4H3,(H,33,39)(H,41,42)(H,34,35,36,37)/t30-/m0/s1. The van der Waals surface area contributed by atoms with E-state index in [4.69, 9.17) is 0 Å². The lowest BCUT2D eigenvalue weighted by atomic mass is 9.93. The first-order chi connectivity index (χ1) is 20.2. The number of carbonyl (C=O) groups is 3. The number of amides is 2. The monoisotopic (exact) mass is 568 g/mol. The van der Waals surface area contributed by atoms with Gasteiger partial charge >= 0.3 is 5.97 Å². The van der Waals surface area contributed by atoms with E-state index in [9.17, 15) is 19.5 Å². The highest BCUT2D eigenvalue weighted by Crippen LogP contribution is 2.35. The normalized spacial score (nSPS) is 11.7. The van der Waals surface area contributed by atoms with Crippen molar-refractivity contribution in [3.63, 3.8) is 0 Å². The topological polar surface area (TPSA) is 141 Å². The molecule has 0 fully saturated rings. The lowest BCUT2D eigenvalue weighted by Crippen LogP contribution is -2.47. The van der Waals surface area contributed by atoms with Crippen molar-refractivity contribution >= 4 is 23.5 Å². The number of aromatic nitrogens is 4. The molecule has 3 N–H and O–H groups in total. The van der Waals surface area contributed by atoms with E-state index in [0.717, 1.165) is 45.5 Å². The second-order valence-electron chi connectivity index (χ2n) is 10.6. The fourth-order valence-electron chi connectivity index (χ4n) is 4.96. The van der Waals surface area contributed by atoms with Gasteiger partial charge in [0.05, 0.1) is 0 Å². The van der Waals surface area contributed by atoms with E-state index in [0.29, 0.717) is 18.7 Å². The van der Waals surface area contributed by atoms with Crippen molar-refractivity contribution in [2.24, 2.45) is 5.92 Å². The van der Waals surface area contributed by atoms with Gasteiger partial charge in [-0.25, -0.2) is 4.79 Å². The number of carbonyl (C=O) groups excluding carboxylic acids is 2. The number of hydrogen-bond acceptors (Lipinski definition) is 6. The molecule has 10 nitrogen and oxygen atoms in total. The van der Waals surface area contributed by atoms with Crippen LogP contribution in [0.15, 0.2) is 66.7 Å². The Morgan fingerprint density at radius 1 is 0.929 bits per heavy atom. The van der Waals surface area contributed by atoms with Gasteiger partial charge in [-0.2, -0.15) is 5.21 Å². The summed E-state index contributed by atoms with van der Waals surface area (Å²) in [5.41, 5.74) is 6.06. The summed E-state index contributed by atoms with van der Waals surface area (Å²) in [5, 5.41) is 27.3. The second-order valence-corrected chi connectivity index (χ2v) is 10.6. The maximum Gasteiger partial charge on any atom is 0.326 e. The molecule has 0 radical (unpaired) electrons. The second kappa shape index (κ2) is 13.7. The van der Waals surface area contributed by atoms with Crippen molar-refractivity contribution in [2.45, 2.75) is 59.5 Å². The maximum atomic E-state index is 13.1. The highest BCUT2D eigenvalue weighted by molar-refractivity contribution is 5.89. The maximum absolute atomic E-state index is 13.1. The molecule has 218 valence electrons. The summed E-state index contributed by atoms with van der Waals surface area (Å²) >= 11 is 0. The van der Waals surface area contributed by atoms with E-state index < -0.39 is 12.0 Å². The Balaban J connectivity index is 1.68. The van der Waals surface area contributed by atoms with Crippen LogP contribution in [-0.4, -0.2) is 54.5 Å². The van der Waals surface area contributed by atoms with Crippen LogP contribution in [0.3, 0.4) is 0 Å². The first-order valence-electron chi connectivity index (χ1n) is 14.1. The van der Waals surface area contributed by atoms with Crippen LogP contribution < -0.4 is 5.32 Å². The SMILES string of the molecule is CCCCC(=O)N(Cc1ccc(-c2cc(-c3ccc(NC(C)=O)cc3)ccc2-c2nn[nH]n2)cc1)[C@H](C(=O)O)C(C)C. The first-order valence-corrected chi connectivity index (χ1v) is 14.1. The van der Waals surface area contributed by atoms with E-state index in [1.54, 1.807) is 0 Å². The van der Waals surface area contributed by atoms with Crippen molar-refractivity contribution in [1.82, 2.24) is 25.5 Å². The molecule has 2 amide bonds. The number of benzene rings is 3. The molecule has 10 heteroatoms. The van der Waals surface area contributed by atoms with E-state index in [1.165, 1.54) is 11.8 Å². The Bertz CT molecular complexity index is 1520. The zero-order chi connectivity index (χ0) is 30.2. The van der Waals surface area contributed by atoms with Crippen LogP contribution in [0.2, 0.25) is 0 Å². The minimum atomic E-state index is -1.00. The number of anilines is 1. The van der Waals surface area contributed by atoms with Crippen molar-refractivity contribution in [3.05, 3.63) is 72.3 Å². The molecule has 0 aliphatic heterocycles. The number of H-pyrrole nitrogens is 1. The number of rotatable bonds is 12. The van der Waals surface area contributed by atoms with Gasteiger partial charge in [0, 0.05) is 31.1 Å². The molecule has 0 aliphatic carbocycles. The van der Waals surface area contributed by atoms with Crippen molar-refractivity contribution in [1.29, 1.82) is 0 Å². The number of hydrogen-bond donors (Lipinski definition) is 3. The van der Waals surface area contributed by atoms with Gasteiger partial charge in [-0.15, -0.1) is 10.2 Å². The molecule has 4 aromatic rings. The highest BCUT2D eigenvalue weighted by Gasteiger charge is 2.32. The van der Waals surface area contributed by atoms with Crippen LogP contribution in [0, 0.1) is 5.92 Å². The molecule has 0 saturated carbocycles. The first kappa shape index (κ1) is 30.1. The quantitative estimate of drug-likeness (QED) is 0.196. The zero-order valence-corrected chi connectivity index (χ0v) is 24.3. The number of carboxylic acid groups (broad SMARTS) is 1. The summed E-state index contributed by atoms with van der Waals surface area (Å²) in [6, 6.07) is 20.4. The Morgan fingerprint density at radius 3 is 2.17 bits per heavy atom. The predicted octanol–water partition coefficient (Wildman–Crippen LogP) is 5.79. The third-order valence-electron chi connectivity index (χ3n) is 7.05. The van der Waals surface area contributed by atoms with Gasteiger partial charge in [0.2, 0.25) is 17.6 Å². The van der Waals surface area contributed by atoms with Crippen molar-refractivity contribution < 1.29 is 19.5 Å². The van der Waals surface area contributed by atoms with E-state index in [-0.39, 0.29) is 24.3 Å². The summed E-state index contributed by atoms with van der Waals surface area (Å²) < 4.78 is 0. The summed E-state index contributed by atoms with van der Waals surface area (Å²) in [7, 11) is 0. The zero-order valence-electron chi connectivity index (χ0n) is 24.3. The van der Waals surface area contributed by atoms with Crippen LogP contribution in [0.25, 0.3) is 33.6 Å². The van der Waals surface area contributed by atoms with Crippen molar-refractivity contribution in [3.8, 4) is 33.6 Å². The van der Waals surface area contributed by atoms with Gasteiger partial charge in [-0.1, -0.05) is 69.7 Å². The van der Waals surface area contributed by atoms with Gasteiger partial charge in [-0.05, 0) is 69.6 Å². The number of aliphatic carboxylic acids is 1. The smallest absolute Gasteiger partial charge is 0.326 e. The van der Waals surface area contributed by atoms with E-state index in [1.807, 2.05) is 87.5 Å². The fourth-order valence-corrected chi connectivity index (χ4v) is 4.96. The molecule has 0 spiro atoms. The van der Waals surface area contributed by atoms with Gasteiger partial charge in [0.25, 0.3) is 0 Å². The van der Waals surface area contributed by atoms with Gasteiger partial charge in [0.1, 0.15) is 6.04 Å². The summed E-state index contributed by atoms with van der Waals surface area (Å²) in [6.45, 7) is 7.32. The predicted molar refractivity (Wildman–Crippen MR) is 161 cm³/mol. The molecule has 4 rings (SSSR count). The Hall–Kier alpha value is -4.86. The minimum absolute atomic E-state index is 0.130. The Kier molecular flexibility index (Phi) is 9.80. The highest BCUT2D eigenvalue weighted by atomic mass is 16.4. The third-order valence-corrected chi connectivity index (χ3v) is 7.05. The van der Waals surface area contributed by atoms with Gasteiger partial charge < -0.3 is 15.3 Å². The molecule has 0 saturated heterocycles. The third kappa shape index (κ3) is 7.25. The molecule has 0 bridgehead atoms. The lowest BCUT2D eigenvalue weighted by molar-refractivity contribution is -0.153. The molecule has 0 unspecified atom stereocenters. The molecule has 0 aliphatic rings. The molecular formula is C32H36N6O4. The van der Waals surface area contributed by atoms with Crippen molar-refractivity contribution in [2.75, 3.05) is 5.32 Å². The molecule has 42 heavy (non-hydrogen) atoms. The van der Waals surface area contributed by atoms with Crippen LogP contribution in [0.5, 0.6) is 0 Å². The molecule has 1 heterocycles. The molecule has 1 atom stereocenters. The van der Waals surface area contributed by atoms with Crippen LogP contribution in [0.4, 0.5) is 5.69 Å². The average Bonchev–Trinajstić information content (AvgIpc) is 3.50. The number of tetrazole rings is 1. The molecular weight excluding hydrogens is 532 g/mol. The fraction of sp³-hybridized carbons (Fsp3) is 0.312. The number of carboxylic acids is 1. The largest absolute Gasteiger partial charge is 0.480 e. The molecule has 3 aromatic carbocycles. The minimum Gasteiger partial charge on any atom is -0.480 e. The Morgan fingerprint density at radius 2 is 1.60 bits per heavy atom. The number of nitrogens with zero attached hydrogens (tertiary/aromatic N) is 4. The average molecular weight is 569 g/mol. The summed E-state index contributed by atoms with van der Waals surface area (Å²) in [6.07, 6.45) is 1.89. The summed E-state index contributed by atoms with van der Waals surface area (Å²) in [4.78, 5) is 38.1. The Labute approximate surface area is 245 Å². The van der Waals surface area contributed by atoms with E-state index in [2.05, 4.69) is 25.9 Å². The van der Waals surface area contributed by atoms with E-state index >= 15 is 0 Å². The van der Waals surface area contributed by atoms with Gasteiger partial charge in [0.15, 0.2) is 0 Å². The number of unbranched alkanes of at least 4 members (excludes halogenated alkanes) is 1. The number of nitrogens with one attached hydrogen (secondary N) is 2.